The van der Waals surface area contributed by atoms with Crippen LogP contribution in [-0.2, 0) is 0 Å². The monoisotopic (exact) mass is 352 g/mol. The van der Waals surface area contributed by atoms with Gasteiger partial charge in [-0.25, -0.2) is 4.39 Å². The van der Waals surface area contributed by atoms with Gasteiger partial charge in [0.15, 0.2) is 0 Å². The fourth-order valence-corrected chi connectivity index (χ4v) is 3.45. The molecule has 0 bridgehead atoms. The molecule has 21 heavy (non-hydrogen) atoms. The van der Waals surface area contributed by atoms with Crippen LogP contribution in [0.2, 0.25) is 0 Å². The summed E-state index contributed by atoms with van der Waals surface area (Å²) in [5.41, 5.74) is 3.89. The minimum absolute atomic E-state index is 0.0536. The molecule has 0 spiro atoms. The first kappa shape index (κ1) is 15.8. The number of ether oxygens (including phenoxy) is 2. The van der Waals surface area contributed by atoms with Crippen LogP contribution in [0.4, 0.5) is 4.39 Å². The van der Waals surface area contributed by atoms with E-state index in [4.69, 9.17) is 9.47 Å². The molecule has 0 saturated heterocycles. The molecule has 2 aromatic rings. The lowest BCUT2D eigenvalue weighted by molar-refractivity contribution is 0.393. The fraction of sp³-hybridized carbons (Fsp3) is 0.294. The summed E-state index contributed by atoms with van der Waals surface area (Å²) in [4.78, 5) is -0.0536. The molecule has 2 aromatic carbocycles. The second-order valence-electron chi connectivity index (χ2n) is 4.96. The van der Waals surface area contributed by atoms with E-state index >= 15 is 0 Å². The minimum atomic E-state index is -0.211. The van der Waals surface area contributed by atoms with Crippen LogP contribution in [0.3, 0.4) is 0 Å². The van der Waals surface area contributed by atoms with Gasteiger partial charge in [-0.1, -0.05) is 15.9 Å². The number of rotatable bonds is 4. The molecule has 0 aliphatic carbocycles. The van der Waals surface area contributed by atoms with Crippen molar-refractivity contribution in [1.82, 2.24) is 0 Å². The van der Waals surface area contributed by atoms with E-state index in [2.05, 4.69) is 15.9 Å². The van der Waals surface area contributed by atoms with Crippen LogP contribution in [0.15, 0.2) is 30.3 Å². The van der Waals surface area contributed by atoms with Crippen molar-refractivity contribution in [3.8, 4) is 11.5 Å². The average molecular weight is 353 g/mol. The number of alkyl halides is 1. The van der Waals surface area contributed by atoms with Crippen molar-refractivity contribution in [2.45, 2.75) is 18.7 Å². The fourth-order valence-electron chi connectivity index (χ4n) is 2.46. The van der Waals surface area contributed by atoms with E-state index in [-0.39, 0.29) is 10.6 Å². The highest BCUT2D eigenvalue weighted by Crippen LogP contribution is 2.38. The maximum absolute atomic E-state index is 13.5. The maximum atomic E-state index is 13.5. The van der Waals surface area contributed by atoms with Crippen LogP contribution in [0.25, 0.3) is 0 Å². The second-order valence-corrected chi connectivity index (χ2v) is 5.88. The first-order valence-electron chi connectivity index (χ1n) is 6.60. The number of methoxy groups -OCH3 is 2. The smallest absolute Gasteiger partial charge is 0.123 e. The Morgan fingerprint density at radius 1 is 0.905 bits per heavy atom. The summed E-state index contributed by atoms with van der Waals surface area (Å²) in [6.45, 7) is 3.83. The normalized spacial score (nSPS) is 12.1. The molecule has 112 valence electrons. The van der Waals surface area contributed by atoms with Crippen LogP contribution in [0.1, 0.15) is 27.1 Å². The first-order chi connectivity index (χ1) is 9.96. The standard InChI is InChI=1S/C17H18BrFO2/c1-10-5-13(19)6-11(2)16(10)17(18)12-7-14(20-3)9-15(8-12)21-4/h5-9,17H,1-4H3. The Labute approximate surface area is 133 Å². The molecular weight excluding hydrogens is 335 g/mol. The maximum Gasteiger partial charge on any atom is 0.123 e. The molecule has 0 radical (unpaired) electrons. The summed E-state index contributed by atoms with van der Waals surface area (Å²) < 4.78 is 24.1. The topological polar surface area (TPSA) is 18.5 Å². The quantitative estimate of drug-likeness (QED) is 0.725. The molecule has 1 unspecified atom stereocenters. The lowest BCUT2D eigenvalue weighted by Crippen LogP contribution is -2.01. The van der Waals surface area contributed by atoms with E-state index in [0.29, 0.717) is 0 Å². The highest BCUT2D eigenvalue weighted by atomic mass is 79.9. The zero-order chi connectivity index (χ0) is 15.6. The molecule has 2 nitrogen and oxygen atoms in total. The Balaban J connectivity index is 2.52. The van der Waals surface area contributed by atoms with Gasteiger partial charge in [-0.05, 0) is 60.4 Å². The number of hydrogen-bond donors (Lipinski definition) is 0. The van der Waals surface area contributed by atoms with Gasteiger partial charge in [-0.2, -0.15) is 0 Å². The molecule has 0 fully saturated rings. The van der Waals surface area contributed by atoms with Gasteiger partial charge in [0.1, 0.15) is 17.3 Å². The number of hydrogen-bond acceptors (Lipinski definition) is 2. The molecule has 4 heteroatoms. The predicted molar refractivity (Wildman–Crippen MR) is 86.2 cm³/mol. The second kappa shape index (κ2) is 6.48. The zero-order valence-electron chi connectivity index (χ0n) is 12.5. The predicted octanol–water partition coefficient (Wildman–Crippen LogP) is 4.94. The molecule has 0 heterocycles. The molecular formula is C17H18BrFO2. The summed E-state index contributed by atoms with van der Waals surface area (Å²) in [7, 11) is 3.24. The third-order valence-electron chi connectivity index (χ3n) is 3.48. The molecule has 0 saturated carbocycles. The van der Waals surface area contributed by atoms with Crippen molar-refractivity contribution < 1.29 is 13.9 Å². The molecule has 0 aliphatic rings. The van der Waals surface area contributed by atoms with Gasteiger partial charge in [0.2, 0.25) is 0 Å². The Hall–Kier alpha value is -1.55. The van der Waals surface area contributed by atoms with Gasteiger partial charge in [0.25, 0.3) is 0 Å². The summed E-state index contributed by atoms with van der Waals surface area (Å²) >= 11 is 3.71. The Morgan fingerprint density at radius 3 is 1.81 bits per heavy atom. The van der Waals surface area contributed by atoms with Crippen molar-refractivity contribution in [3.05, 3.63) is 58.4 Å². The van der Waals surface area contributed by atoms with E-state index in [1.54, 1.807) is 26.4 Å². The van der Waals surface area contributed by atoms with Crippen molar-refractivity contribution in [2.24, 2.45) is 0 Å². The van der Waals surface area contributed by atoms with Gasteiger partial charge in [-0.15, -0.1) is 0 Å². The molecule has 2 rings (SSSR count). The van der Waals surface area contributed by atoms with Crippen molar-refractivity contribution >= 4 is 15.9 Å². The van der Waals surface area contributed by atoms with Crippen LogP contribution in [-0.4, -0.2) is 14.2 Å². The van der Waals surface area contributed by atoms with E-state index in [1.807, 2.05) is 32.0 Å². The van der Waals surface area contributed by atoms with Gasteiger partial charge in [-0.3, -0.25) is 0 Å². The Morgan fingerprint density at radius 2 is 1.38 bits per heavy atom. The Bertz CT molecular complexity index is 610. The molecule has 0 amide bonds. The third kappa shape index (κ3) is 3.38. The highest BCUT2D eigenvalue weighted by molar-refractivity contribution is 9.09. The summed E-state index contributed by atoms with van der Waals surface area (Å²) in [5.74, 6) is 1.24. The van der Waals surface area contributed by atoms with Crippen molar-refractivity contribution in [2.75, 3.05) is 14.2 Å². The average Bonchev–Trinajstić information content (AvgIpc) is 2.45. The number of aryl methyl sites for hydroxylation is 2. The first-order valence-corrected chi connectivity index (χ1v) is 7.51. The molecule has 0 aromatic heterocycles. The van der Waals surface area contributed by atoms with Crippen LogP contribution in [0.5, 0.6) is 11.5 Å². The van der Waals surface area contributed by atoms with Gasteiger partial charge in [0.05, 0.1) is 19.0 Å². The highest BCUT2D eigenvalue weighted by Gasteiger charge is 2.18. The van der Waals surface area contributed by atoms with Crippen molar-refractivity contribution in [1.29, 1.82) is 0 Å². The number of halogens is 2. The SMILES string of the molecule is COc1cc(OC)cc(C(Br)c2c(C)cc(F)cc2C)c1. The summed E-state index contributed by atoms with van der Waals surface area (Å²) in [6, 6.07) is 8.82. The minimum Gasteiger partial charge on any atom is -0.497 e. The largest absolute Gasteiger partial charge is 0.497 e. The van der Waals surface area contributed by atoms with Gasteiger partial charge >= 0.3 is 0 Å². The lowest BCUT2D eigenvalue weighted by atomic mass is 9.95. The van der Waals surface area contributed by atoms with Crippen LogP contribution in [0, 0.1) is 19.7 Å². The van der Waals surface area contributed by atoms with Crippen LogP contribution >= 0.6 is 15.9 Å². The van der Waals surface area contributed by atoms with Gasteiger partial charge in [0, 0.05) is 6.07 Å². The molecule has 0 N–H and O–H groups in total. The Kier molecular flexibility index (Phi) is 4.88. The van der Waals surface area contributed by atoms with E-state index < -0.39 is 0 Å². The van der Waals surface area contributed by atoms with E-state index in [0.717, 1.165) is 33.8 Å². The summed E-state index contributed by atoms with van der Waals surface area (Å²) in [6.07, 6.45) is 0. The summed E-state index contributed by atoms with van der Waals surface area (Å²) in [5, 5.41) is 0. The van der Waals surface area contributed by atoms with Gasteiger partial charge < -0.3 is 9.47 Å². The third-order valence-corrected chi connectivity index (χ3v) is 4.46. The van der Waals surface area contributed by atoms with E-state index in [1.165, 1.54) is 0 Å². The molecule has 0 aliphatic heterocycles. The van der Waals surface area contributed by atoms with E-state index in [9.17, 15) is 4.39 Å². The lowest BCUT2D eigenvalue weighted by Gasteiger charge is -2.18. The zero-order valence-corrected chi connectivity index (χ0v) is 14.1. The van der Waals surface area contributed by atoms with Crippen LogP contribution < -0.4 is 9.47 Å². The number of benzene rings is 2. The van der Waals surface area contributed by atoms with Crippen molar-refractivity contribution in [3.63, 3.8) is 0 Å². The molecule has 1 atom stereocenters.